The first kappa shape index (κ1) is 26.3. The summed E-state index contributed by atoms with van der Waals surface area (Å²) < 4.78 is 22.1. The maximum absolute atomic E-state index is 5.99. The Morgan fingerprint density at radius 2 is 1.91 bits per heavy atom. The van der Waals surface area contributed by atoms with Crippen LogP contribution >= 0.6 is 24.0 Å². The Morgan fingerprint density at radius 1 is 1.12 bits per heavy atom. The summed E-state index contributed by atoms with van der Waals surface area (Å²) in [5.74, 6) is 3.28. The van der Waals surface area contributed by atoms with E-state index in [1.54, 1.807) is 13.4 Å². The zero-order valence-corrected chi connectivity index (χ0v) is 21.2. The fourth-order valence-electron chi connectivity index (χ4n) is 3.25. The lowest BCUT2D eigenvalue weighted by Crippen LogP contribution is -2.45. The Balaban J connectivity index is 0.00000363. The van der Waals surface area contributed by atoms with E-state index in [4.69, 9.17) is 23.6 Å². The van der Waals surface area contributed by atoms with Gasteiger partial charge in [0.05, 0.1) is 33.1 Å². The standard InChI is InChI=1S/C23H34N4O4.HI/c1-19(31-22-6-3-5-21(17-22)28-2)18-26-23(24-9-8-20-7-4-14-30-20)25-10-11-27-12-15-29-16-13-27;/h3-7,14,17,19H,8-13,15-16,18H2,1-2H3,(H2,24,25,26);1H. The Hall–Kier alpha value is -1.98. The first-order valence-corrected chi connectivity index (χ1v) is 10.9. The molecule has 9 heteroatoms. The van der Waals surface area contributed by atoms with E-state index < -0.39 is 0 Å². The Bertz CT molecular complexity index is 782. The van der Waals surface area contributed by atoms with Crippen molar-refractivity contribution in [1.29, 1.82) is 0 Å². The molecule has 1 saturated heterocycles. The van der Waals surface area contributed by atoms with Gasteiger partial charge in [0, 0.05) is 45.2 Å². The smallest absolute Gasteiger partial charge is 0.191 e. The lowest BCUT2D eigenvalue weighted by Gasteiger charge is -2.26. The van der Waals surface area contributed by atoms with Crippen LogP contribution in [-0.4, -0.2) is 76.6 Å². The second-order valence-electron chi connectivity index (χ2n) is 7.43. The normalized spacial score (nSPS) is 15.5. The average Bonchev–Trinajstić information content (AvgIpc) is 3.31. The number of nitrogens with one attached hydrogen (secondary N) is 2. The molecule has 1 aliphatic heterocycles. The quantitative estimate of drug-likeness (QED) is 0.250. The van der Waals surface area contributed by atoms with E-state index in [2.05, 4.69) is 15.5 Å². The highest BCUT2D eigenvalue weighted by atomic mass is 127. The molecule has 1 aromatic carbocycles. The number of aliphatic imine (C=N–C) groups is 1. The van der Waals surface area contributed by atoms with Crippen molar-refractivity contribution in [3.05, 3.63) is 48.4 Å². The molecule has 0 radical (unpaired) electrons. The molecule has 2 aromatic rings. The number of guanidine groups is 1. The van der Waals surface area contributed by atoms with Crippen LogP contribution in [0.4, 0.5) is 0 Å². The monoisotopic (exact) mass is 558 g/mol. The van der Waals surface area contributed by atoms with Crippen molar-refractivity contribution >= 4 is 29.9 Å². The van der Waals surface area contributed by atoms with Gasteiger partial charge in [-0.2, -0.15) is 0 Å². The van der Waals surface area contributed by atoms with E-state index in [0.717, 1.165) is 75.6 Å². The van der Waals surface area contributed by atoms with Gasteiger partial charge in [0.1, 0.15) is 23.4 Å². The van der Waals surface area contributed by atoms with Crippen LogP contribution in [0.1, 0.15) is 12.7 Å². The minimum Gasteiger partial charge on any atom is -0.497 e. The Morgan fingerprint density at radius 3 is 2.66 bits per heavy atom. The summed E-state index contributed by atoms with van der Waals surface area (Å²) >= 11 is 0. The lowest BCUT2D eigenvalue weighted by atomic mass is 10.3. The van der Waals surface area contributed by atoms with E-state index in [1.807, 2.05) is 43.3 Å². The molecular weight excluding hydrogens is 523 g/mol. The number of furan rings is 1. The van der Waals surface area contributed by atoms with Gasteiger partial charge in [-0.3, -0.25) is 4.90 Å². The van der Waals surface area contributed by atoms with Gasteiger partial charge in [-0.15, -0.1) is 24.0 Å². The average molecular weight is 558 g/mol. The van der Waals surface area contributed by atoms with Gasteiger partial charge >= 0.3 is 0 Å². The first-order valence-electron chi connectivity index (χ1n) is 10.9. The molecular formula is C23H35IN4O4. The summed E-state index contributed by atoms with van der Waals surface area (Å²) in [4.78, 5) is 7.12. The minimum absolute atomic E-state index is 0. The number of halogens is 1. The molecule has 0 bridgehead atoms. The van der Waals surface area contributed by atoms with Crippen LogP contribution in [0.25, 0.3) is 0 Å². The fraction of sp³-hybridized carbons (Fsp3) is 0.522. The second kappa shape index (κ2) is 15.0. The number of nitrogens with zero attached hydrogens (tertiary/aromatic N) is 2. The highest BCUT2D eigenvalue weighted by molar-refractivity contribution is 14.0. The number of rotatable bonds is 11. The number of methoxy groups -OCH3 is 1. The van der Waals surface area contributed by atoms with Gasteiger partial charge < -0.3 is 29.3 Å². The third-order valence-corrected chi connectivity index (χ3v) is 4.95. The van der Waals surface area contributed by atoms with Crippen LogP contribution in [0.3, 0.4) is 0 Å². The van der Waals surface area contributed by atoms with Gasteiger partial charge in [0.25, 0.3) is 0 Å². The maximum atomic E-state index is 5.99. The topological polar surface area (TPSA) is 80.5 Å². The van der Waals surface area contributed by atoms with Gasteiger partial charge in [-0.25, -0.2) is 4.99 Å². The van der Waals surface area contributed by atoms with Crippen molar-refractivity contribution in [2.45, 2.75) is 19.4 Å². The van der Waals surface area contributed by atoms with Crippen molar-refractivity contribution in [1.82, 2.24) is 15.5 Å². The highest BCUT2D eigenvalue weighted by Crippen LogP contribution is 2.19. The molecule has 0 saturated carbocycles. The highest BCUT2D eigenvalue weighted by Gasteiger charge is 2.10. The molecule has 2 N–H and O–H groups in total. The van der Waals surface area contributed by atoms with Crippen molar-refractivity contribution in [3.63, 3.8) is 0 Å². The fourth-order valence-corrected chi connectivity index (χ4v) is 3.25. The summed E-state index contributed by atoms with van der Waals surface area (Å²) in [6, 6.07) is 11.5. The third kappa shape index (κ3) is 9.66. The SMILES string of the molecule is COc1cccc(OC(C)CN=C(NCCc2ccco2)NCCN2CCOCC2)c1.I. The predicted octanol–water partition coefficient (Wildman–Crippen LogP) is 2.78. The summed E-state index contributed by atoms with van der Waals surface area (Å²) in [5, 5.41) is 6.83. The molecule has 32 heavy (non-hydrogen) atoms. The zero-order valence-electron chi connectivity index (χ0n) is 18.9. The van der Waals surface area contributed by atoms with Crippen LogP contribution in [-0.2, 0) is 11.2 Å². The molecule has 1 atom stereocenters. The van der Waals surface area contributed by atoms with E-state index in [9.17, 15) is 0 Å². The molecule has 8 nitrogen and oxygen atoms in total. The molecule has 0 amide bonds. The van der Waals surface area contributed by atoms with Crippen LogP contribution < -0.4 is 20.1 Å². The minimum atomic E-state index is -0.0741. The molecule has 178 valence electrons. The summed E-state index contributed by atoms with van der Waals surface area (Å²) in [6.45, 7) is 8.62. The molecule has 0 spiro atoms. The van der Waals surface area contributed by atoms with E-state index >= 15 is 0 Å². The lowest BCUT2D eigenvalue weighted by molar-refractivity contribution is 0.0389. The molecule has 0 aliphatic carbocycles. The van der Waals surface area contributed by atoms with E-state index in [1.165, 1.54) is 0 Å². The Labute approximate surface area is 207 Å². The molecule has 1 unspecified atom stereocenters. The van der Waals surface area contributed by atoms with Crippen molar-refractivity contribution in [2.24, 2.45) is 4.99 Å². The number of ether oxygens (including phenoxy) is 3. The third-order valence-electron chi connectivity index (χ3n) is 4.95. The largest absolute Gasteiger partial charge is 0.497 e. The van der Waals surface area contributed by atoms with E-state index in [-0.39, 0.29) is 30.1 Å². The number of hydrogen-bond donors (Lipinski definition) is 2. The first-order chi connectivity index (χ1) is 15.2. The van der Waals surface area contributed by atoms with Crippen LogP contribution in [0, 0.1) is 0 Å². The van der Waals surface area contributed by atoms with Gasteiger partial charge in [0.2, 0.25) is 0 Å². The molecule has 3 rings (SSSR count). The van der Waals surface area contributed by atoms with Crippen molar-refractivity contribution in [3.8, 4) is 11.5 Å². The maximum Gasteiger partial charge on any atom is 0.191 e. The molecule has 1 fully saturated rings. The molecule has 2 heterocycles. The molecule has 1 aliphatic rings. The summed E-state index contributed by atoms with van der Waals surface area (Å²) in [5.41, 5.74) is 0. The number of morpholine rings is 1. The zero-order chi connectivity index (χ0) is 21.7. The van der Waals surface area contributed by atoms with Gasteiger partial charge in [-0.05, 0) is 31.2 Å². The summed E-state index contributed by atoms with van der Waals surface area (Å²) in [7, 11) is 1.65. The second-order valence-corrected chi connectivity index (χ2v) is 7.43. The van der Waals surface area contributed by atoms with Crippen LogP contribution in [0.15, 0.2) is 52.1 Å². The number of hydrogen-bond acceptors (Lipinski definition) is 6. The van der Waals surface area contributed by atoms with Crippen LogP contribution in [0.5, 0.6) is 11.5 Å². The summed E-state index contributed by atoms with van der Waals surface area (Å²) in [6.07, 6.45) is 2.42. The van der Waals surface area contributed by atoms with E-state index in [0.29, 0.717) is 6.54 Å². The van der Waals surface area contributed by atoms with Gasteiger partial charge in [-0.1, -0.05) is 6.07 Å². The molecule has 1 aromatic heterocycles. The van der Waals surface area contributed by atoms with Crippen LogP contribution in [0.2, 0.25) is 0 Å². The Kier molecular flexibility index (Phi) is 12.3. The van der Waals surface area contributed by atoms with Crippen molar-refractivity contribution in [2.75, 3.05) is 59.6 Å². The van der Waals surface area contributed by atoms with Crippen molar-refractivity contribution < 1.29 is 18.6 Å². The number of benzene rings is 1. The predicted molar refractivity (Wildman–Crippen MR) is 136 cm³/mol. The van der Waals surface area contributed by atoms with Gasteiger partial charge in [0.15, 0.2) is 5.96 Å².